The summed E-state index contributed by atoms with van der Waals surface area (Å²) >= 11 is 0. The van der Waals surface area contributed by atoms with Gasteiger partial charge in [0.25, 0.3) is 11.8 Å². The number of benzene rings is 1. The minimum atomic E-state index is -0.327. The van der Waals surface area contributed by atoms with Crippen LogP contribution in [0.2, 0.25) is 0 Å². The SMILES string of the molecule is CNC(C)CNC(=O)CCN1C(=O)c2ccccc2C1=O. The van der Waals surface area contributed by atoms with Crippen LogP contribution in [0.5, 0.6) is 0 Å². The molecule has 1 unspecified atom stereocenters. The molecule has 1 aliphatic rings. The van der Waals surface area contributed by atoms with E-state index in [1.54, 1.807) is 24.3 Å². The first-order valence-corrected chi connectivity index (χ1v) is 6.93. The zero-order valence-corrected chi connectivity index (χ0v) is 12.2. The van der Waals surface area contributed by atoms with Crippen LogP contribution < -0.4 is 10.6 Å². The molecule has 1 heterocycles. The molecule has 0 fully saturated rings. The number of nitrogens with one attached hydrogen (secondary N) is 2. The van der Waals surface area contributed by atoms with Crippen LogP contribution in [0.3, 0.4) is 0 Å². The molecule has 1 aliphatic heterocycles. The summed E-state index contributed by atoms with van der Waals surface area (Å²) < 4.78 is 0. The third-order valence-electron chi connectivity index (χ3n) is 3.54. The molecular weight excluding hydrogens is 270 g/mol. The van der Waals surface area contributed by atoms with Gasteiger partial charge in [0, 0.05) is 25.6 Å². The number of nitrogens with zero attached hydrogens (tertiary/aromatic N) is 1. The van der Waals surface area contributed by atoms with Gasteiger partial charge in [0.1, 0.15) is 0 Å². The lowest BCUT2D eigenvalue weighted by atomic mass is 10.1. The van der Waals surface area contributed by atoms with Gasteiger partial charge in [-0.1, -0.05) is 12.1 Å². The van der Waals surface area contributed by atoms with Gasteiger partial charge in [-0.25, -0.2) is 0 Å². The topological polar surface area (TPSA) is 78.5 Å². The fourth-order valence-electron chi connectivity index (χ4n) is 2.11. The molecule has 2 rings (SSSR count). The Kier molecular flexibility index (Phi) is 4.70. The second-order valence-corrected chi connectivity index (χ2v) is 5.05. The average Bonchev–Trinajstić information content (AvgIpc) is 2.75. The summed E-state index contributed by atoms with van der Waals surface area (Å²) in [7, 11) is 1.82. The first kappa shape index (κ1) is 15.2. The van der Waals surface area contributed by atoms with Crippen molar-refractivity contribution >= 4 is 17.7 Å². The minimum Gasteiger partial charge on any atom is -0.354 e. The maximum Gasteiger partial charge on any atom is 0.261 e. The van der Waals surface area contributed by atoms with Crippen LogP contribution >= 0.6 is 0 Å². The Morgan fingerprint density at radius 2 is 1.76 bits per heavy atom. The number of amides is 3. The quantitative estimate of drug-likeness (QED) is 0.743. The van der Waals surface area contributed by atoms with Crippen molar-refractivity contribution in [3.05, 3.63) is 35.4 Å². The number of carbonyl (C=O) groups excluding carboxylic acids is 3. The summed E-state index contributed by atoms with van der Waals surface area (Å²) in [6, 6.07) is 6.88. The van der Waals surface area contributed by atoms with Gasteiger partial charge in [-0.05, 0) is 26.1 Å². The van der Waals surface area contributed by atoms with E-state index in [9.17, 15) is 14.4 Å². The van der Waals surface area contributed by atoms with Gasteiger partial charge >= 0.3 is 0 Å². The zero-order valence-electron chi connectivity index (χ0n) is 12.2. The van der Waals surface area contributed by atoms with Crippen LogP contribution in [-0.2, 0) is 4.79 Å². The van der Waals surface area contributed by atoms with E-state index in [2.05, 4.69) is 10.6 Å². The molecule has 1 aromatic rings. The molecule has 2 N–H and O–H groups in total. The van der Waals surface area contributed by atoms with Crippen molar-refractivity contribution in [2.24, 2.45) is 0 Å². The van der Waals surface area contributed by atoms with E-state index in [4.69, 9.17) is 0 Å². The van der Waals surface area contributed by atoms with Crippen molar-refractivity contribution in [1.29, 1.82) is 0 Å². The monoisotopic (exact) mass is 289 g/mol. The molecule has 1 aromatic carbocycles. The summed E-state index contributed by atoms with van der Waals surface area (Å²) in [5.74, 6) is -0.826. The normalized spacial score (nSPS) is 15.0. The first-order chi connectivity index (χ1) is 10.0. The van der Waals surface area contributed by atoms with Crippen molar-refractivity contribution in [3.63, 3.8) is 0 Å². The number of fused-ring (bicyclic) bond motifs is 1. The number of rotatable bonds is 6. The van der Waals surface area contributed by atoms with E-state index >= 15 is 0 Å². The van der Waals surface area contributed by atoms with Crippen molar-refractivity contribution in [1.82, 2.24) is 15.5 Å². The molecule has 1 atom stereocenters. The number of imide groups is 1. The second-order valence-electron chi connectivity index (χ2n) is 5.05. The molecule has 21 heavy (non-hydrogen) atoms. The van der Waals surface area contributed by atoms with Gasteiger partial charge in [0.2, 0.25) is 5.91 Å². The average molecular weight is 289 g/mol. The van der Waals surface area contributed by atoms with Gasteiger partial charge in [-0.3, -0.25) is 19.3 Å². The number of likely N-dealkylation sites (N-methyl/N-ethyl adjacent to an activating group) is 1. The van der Waals surface area contributed by atoms with E-state index in [-0.39, 0.29) is 36.7 Å². The summed E-state index contributed by atoms with van der Waals surface area (Å²) in [5.41, 5.74) is 0.818. The fourth-order valence-corrected chi connectivity index (χ4v) is 2.11. The van der Waals surface area contributed by atoms with Crippen molar-refractivity contribution in [2.75, 3.05) is 20.1 Å². The second kappa shape index (κ2) is 6.49. The van der Waals surface area contributed by atoms with Crippen LogP contribution in [0, 0.1) is 0 Å². The predicted octanol–water partition coefficient (Wildman–Crippen LogP) is 0.397. The van der Waals surface area contributed by atoms with Crippen molar-refractivity contribution in [3.8, 4) is 0 Å². The largest absolute Gasteiger partial charge is 0.354 e. The standard InChI is InChI=1S/C15H19N3O3/c1-10(16-2)9-17-13(19)7-8-18-14(20)11-5-3-4-6-12(11)15(18)21/h3-6,10,16H,7-9H2,1-2H3,(H,17,19). The van der Waals surface area contributed by atoms with E-state index in [0.29, 0.717) is 17.7 Å². The highest BCUT2D eigenvalue weighted by atomic mass is 16.2. The Bertz CT molecular complexity index is 536. The number of hydrogen-bond donors (Lipinski definition) is 2. The molecule has 6 heteroatoms. The van der Waals surface area contributed by atoms with Crippen LogP contribution in [0.4, 0.5) is 0 Å². The zero-order chi connectivity index (χ0) is 15.4. The van der Waals surface area contributed by atoms with Gasteiger partial charge in [0.05, 0.1) is 11.1 Å². The van der Waals surface area contributed by atoms with Gasteiger partial charge in [0.15, 0.2) is 0 Å². The van der Waals surface area contributed by atoms with Crippen LogP contribution in [-0.4, -0.2) is 48.8 Å². The smallest absolute Gasteiger partial charge is 0.261 e. The van der Waals surface area contributed by atoms with E-state index in [1.807, 2.05) is 14.0 Å². The molecule has 6 nitrogen and oxygen atoms in total. The van der Waals surface area contributed by atoms with Crippen molar-refractivity contribution < 1.29 is 14.4 Å². The highest BCUT2D eigenvalue weighted by molar-refractivity contribution is 6.21. The van der Waals surface area contributed by atoms with E-state index < -0.39 is 0 Å². The first-order valence-electron chi connectivity index (χ1n) is 6.93. The lowest BCUT2D eigenvalue weighted by Gasteiger charge is -2.15. The Balaban J connectivity index is 1.89. The molecule has 0 aliphatic carbocycles. The minimum absolute atomic E-state index is 0.103. The molecular formula is C15H19N3O3. The molecule has 3 amide bonds. The number of carbonyl (C=O) groups is 3. The molecule has 0 saturated carbocycles. The molecule has 0 spiro atoms. The van der Waals surface area contributed by atoms with Crippen LogP contribution in [0.25, 0.3) is 0 Å². The highest BCUT2D eigenvalue weighted by Gasteiger charge is 2.34. The summed E-state index contributed by atoms with van der Waals surface area (Å²) in [5, 5.41) is 5.77. The van der Waals surface area contributed by atoms with Crippen LogP contribution in [0.15, 0.2) is 24.3 Å². The third-order valence-corrected chi connectivity index (χ3v) is 3.54. The maximum absolute atomic E-state index is 12.1. The predicted molar refractivity (Wildman–Crippen MR) is 78.0 cm³/mol. The Morgan fingerprint density at radius 1 is 1.19 bits per heavy atom. The van der Waals surface area contributed by atoms with Gasteiger partial charge < -0.3 is 10.6 Å². The maximum atomic E-state index is 12.1. The van der Waals surface area contributed by atoms with Gasteiger partial charge in [-0.2, -0.15) is 0 Å². The summed E-state index contributed by atoms with van der Waals surface area (Å²) in [6.07, 6.45) is 0.113. The van der Waals surface area contributed by atoms with E-state index in [1.165, 1.54) is 0 Å². The molecule has 0 radical (unpaired) electrons. The Hall–Kier alpha value is -2.21. The number of hydrogen-bond acceptors (Lipinski definition) is 4. The van der Waals surface area contributed by atoms with Crippen molar-refractivity contribution in [2.45, 2.75) is 19.4 Å². The third kappa shape index (κ3) is 3.28. The Morgan fingerprint density at radius 3 is 2.29 bits per heavy atom. The molecule has 0 aromatic heterocycles. The van der Waals surface area contributed by atoms with E-state index in [0.717, 1.165) is 4.90 Å². The van der Waals surface area contributed by atoms with Gasteiger partial charge in [-0.15, -0.1) is 0 Å². The summed E-state index contributed by atoms with van der Waals surface area (Å²) in [6.45, 7) is 2.56. The Labute approximate surface area is 123 Å². The molecule has 0 saturated heterocycles. The highest BCUT2D eigenvalue weighted by Crippen LogP contribution is 2.22. The molecule has 0 bridgehead atoms. The lowest BCUT2D eigenvalue weighted by Crippen LogP contribution is -2.39. The fraction of sp³-hybridized carbons (Fsp3) is 0.400. The lowest BCUT2D eigenvalue weighted by molar-refractivity contribution is -0.121. The molecule has 112 valence electrons. The van der Waals surface area contributed by atoms with Crippen LogP contribution in [0.1, 0.15) is 34.1 Å². The summed E-state index contributed by atoms with van der Waals surface area (Å²) in [4.78, 5) is 37.0.